The number of pyridine rings is 1. The molecule has 172 valence electrons. The van der Waals surface area contributed by atoms with Crippen molar-refractivity contribution in [1.29, 1.82) is 0 Å². The molecular weight excluding hydrogens is 449 g/mol. The fourth-order valence-corrected chi connectivity index (χ4v) is 4.16. The van der Waals surface area contributed by atoms with Crippen LogP contribution in [0.1, 0.15) is 34.5 Å². The standard InChI is InChI=1S/C20H21F3N4O4S/c1-32(30,31)27(12-15-5-9-18(28)26-15)16-6-3-14(4-7-16)19(29)25-11-13-2-8-17(24-10-13)20(21,22)23/h2-4,6-8,10,15H,5,9,11-12H2,1H3,(H,25,29)(H,26,28). The van der Waals surface area contributed by atoms with Crippen molar-refractivity contribution in [3.05, 3.63) is 59.4 Å². The molecule has 2 aromatic rings. The highest BCUT2D eigenvalue weighted by Gasteiger charge is 2.32. The van der Waals surface area contributed by atoms with E-state index in [4.69, 9.17) is 0 Å². The zero-order chi connectivity index (χ0) is 23.5. The number of nitrogens with one attached hydrogen (secondary N) is 2. The number of aromatic nitrogens is 1. The highest BCUT2D eigenvalue weighted by atomic mass is 32.2. The highest BCUT2D eigenvalue weighted by Crippen LogP contribution is 2.27. The smallest absolute Gasteiger partial charge is 0.352 e. The minimum Gasteiger partial charge on any atom is -0.352 e. The summed E-state index contributed by atoms with van der Waals surface area (Å²) in [6.45, 7) is 0.0552. The molecule has 0 saturated carbocycles. The Balaban J connectivity index is 1.64. The third-order valence-electron chi connectivity index (χ3n) is 4.86. The van der Waals surface area contributed by atoms with E-state index in [1.165, 1.54) is 34.6 Å². The van der Waals surface area contributed by atoms with Crippen LogP contribution in [0.2, 0.25) is 0 Å². The first kappa shape index (κ1) is 23.5. The number of carbonyl (C=O) groups is 2. The Morgan fingerprint density at radius 2 is 1.91 bits per heavy atom. The van der Waals surface area contributed by atoms with Gasteiger partial charge in [-0.3, -0.25) is 18.9 Å². The fourth-order valence-electron chi connectivity index (χ4n) is 3.21. The van der Waals surface area contributed by atoms with Crippen molar-refractivity contribution < 1.29 is 31.2 Å². The van der Waals surface area contributed by atoms with Crippen LogP contribution in [-0.2, 0) is 27.5 Å². The Morgan fingerprint density at radius 3 is 2.41 bits per heavy atom. The molecule has 3 rings (SSSR count). The van der Waals surface area contributed by atoms with Gasteiger partial charge >= 0.3 is 6.18 Å². The van der Waals surface area contributed by atoms with Crippen molar-refractivity contribution in [3.8, 4) is 0 Å². The monoisotopic (exact) mass is 470 g/mol. The van der Waals surface area contributed by atoms with Crippen LogP contribution in [0.4, 0.5) is 18.9 Å². The van der Waals surface area contributed by atoms with Gasteiger partial charge in [-0.25, -0.2) is 8.42 Å². The van der Waals surface area contributed by atoms with Gasteiger partial charge < -0.3 is 10.6 Å². The molecule has 1 unspecified atom stereocenters. The van der Waals surface area contributed by atoms with Crippen molar-refractivity contribution in [2.45, 2.75) is 31.6 Å². The Kier molecular flexibility index (Phi) is 6.72. The minimum atomic E-state index is -4.53. The Hall–Kier alpha value is -3.15. The predicted octanol–water partition coefficient (Wildman–Crippen LogP) is 2.08. The summed E-state index contributed by atoms with van der Waals surface area (Å²) < 4.78 is 63.3. The summed E-state index contributed by atoms with van der Waals surface area (Å²) in [6, 6.07) is 7.62. The second-order valence-electron chi connectivity index (χ2n) is 7.38. The summed E-state index contributed by atoms with van der Waals surface area (Å²) >= 11 is 0. The van der Waals surface area contributed by atoms with Crippen molar-refractivity contribution >= 4 is 27.5 Å². The second kappa shape index (κ2) is 9.15. The Morgan fingerprint density at radius 1 is 1.22 bits per heavy atom. The minimum absolute atomic E-state index is 0.0252. The molecule has 1 atom stereocenters. The number of rotatable bonds is 7. The summed E-state index contributed by atoms with van der Waals surface area (Å²) in [7, 11) is -3.62. The summed E-state index contributed by atoms with van der Waals surface area (Å²) in [4.78, 5) is 27.1. The Labute approximate surface area is 182 Å². The van der Waals surface area contributed by atoms with Gasteiger partial charge in [-0.15, -0.1) is 0 Å². The number of carbonyl (C=O) groups excluding carboxylic acids is 2. The van der Waals surface area contributed by atoms with Crippen LogP contribution in [0.5, 0.6) is 0 Å². The SMILES string of the molecule is CS(=O)(=O)N(CC1CCC(=O)N1)c1ccc(C(=O)NCc2ccc(C(F)(F)F)nc2)cc1. The Bertz CT molecular complexity index is 1090. The van der Waals surface area contributed by atoms with E-state index in [9.17, 15) is 31.2 Å². The van der Waals surface area contributed by atoms with Crippen LogP contribution in [-0.4, -0.2) is 44.1 Å². The molecular formula is C20H21F3N4O4S. The molecule has 1 fully saturated rings. The average molecular weight is 470 g/mol. The molecule has 1 saturated heterocycles. The first-order valence-electron chi connectivity index (χ1n) is 9.61. The van der Waals surface area contributed by atoms with Gasteiger partial charge in [0.2, 0.25) is 15.9 Å². The lowest BCUT2D eigenvalue weighted by atomic mass is 10.1. The van der Waals surface area contributed by atoms with Crippen LogP contribution in [0, 0.1) is 0 Å². The zero-order valence-corrected chi connectivity index (χ0v) is 17.8. The largest absolute Gasteiger partial charge is 0.433 e. The molecule has 1 aromatic heterocycles. The zero-order valence-electron chi connectivity index (χ0n) is 17.0. The molecule has 12 heteroatoms. The summed E-state index contributed by atoms with van der Waals surface area (Å²) in [6.07, 6.45) is -1.56. The normalized spacial score (nSPS) is 16.5. The molecule has 2 heterocycles. The maximum Gasteiger partial charge on any atom is 0.433 e. The number of nitrogens with zero attached hydrogens (tertiary/aromatic N) is 2. The number of benzene rings is 1. The van der Waals surface area contributed by atoms with E-state index in [0.29, 0.717) is 24.1 Å². The van der Waals surface area contributed by atoms with E-state index < -0.39 is 27.8 Å². The lowest BCUT2D eigenvalue weighted by molar-refractivity contribution is -0.141. The van der Waals surface area contributed by atoms with Crippen LogP contribution in [0.3, 0.4) is 0 Å². The molecule has 0 bridgehead atoms. The van der Waals surface area contributed by atoms with Gasteiger partial charge in [-0.05, 0) is 42.3 Å². The molecule has 8 nitrogen and oxygen atoms in total. The molecule has 2 N–H and O–H groups in total. The van der Waals surface area contributed by atoms with E-state index in [-0.39, 0.29) is 30.6 Å². The second-order valence-corrected chi connectivity index (χ2v) is 9.28. The molecule has 0 aliphatic carbocycles. The van der Waals surface area contributed by atoms with Crippen LogP contribution in [0.25, 0.3) is 0 Å². The summed E-state index contributed by atoms with van der Waals surface area (Å²) in [5, 5.41) is 5.30. The topological polar surface area (TPSA) is 108 Å². The predicted molar refractivity (Wildman–Crippen MR) is 110 cm³/mol. The number of hydrogen-bond acceptors (Lipinski definition) is 5. The molecule has 0 radical (unpaired) electrons. The van der Waals surface area contributed by atoms with Gasteiger partial charge in [0, 0.05) is 30.8 Å². The van der Waals surface area contributed by atoms with Gasteiger partial charge in [0.05, 0.1) is 18.5 Å². The van der Waals surface area contributed by atoms with Gasteiger partial charge in [0.1, 0.15) is 5.69 Å². The van der Waals surface area contributed by atoms with Crippen molar-refractivity contribution in [1.82, 2.24) is 15.6 Å². The quantitative estimate of drug-likeness (QED) is 0.644. The van der Waals surface area contributed by atoms with Crippen molar-refractivity contribution in [3.63, 3.8) is 0 Å². The summed E-state index contributed by atoms with van der Waals surface area (Å²) in [5.74, 6) is -0.607. The summed E-state index contributed by atoms with van der Waals surface area (Å²) in [5.41, 5.74) is -0.0334. The van der Waals surface area contributed by atoms with Crippen molar-refractivity contribution in [2.75, 3.05) is 17.1 Å². The van der Waals surface area contributed by atoms with Gasteiger partial charge in [0.15, 0.2) is 0 Å². The lowest BCUT2D eigenvalue weighted by Crippen LogP contribution is -2.41. The van der Waals surface area contributed by atoms with E-state index in [1.54, 1.807) is 0 Å². The molecule has 32 heavy (non-hydrogen) atoms. The maximum absolute atomic E-state index is 12.6. The molecule has 0 spiro atoms. The maximum atomic E-state index is 12.6. The van der Waals surface area contributed by atoms with Gasteiger partial charge in [-0.2, -0.15) is 13.2 Å². The van der Waals surface area contributed by atoms with Crippen molar-refractivity contribution in [2.24, 2.45) is 0 Å². The third-order valence-corrected chi connectivity index (χ3v) is 6.02. The molecule has 1 aliphatic heterocycles. The van der Waals surface area contributed by atoms with Crippen LogP contribution in [0.15, 0.2) is 42.6 Å². The lowest BCUT2D eigenvalue weighted by Gasteiger charge is -2.25. The number of sulfonamides is 1. The van der Waals surface area contributed by atoms with Crippen LogP contribution < -0.4 is 14.9 Å². The number of alkyl halides is 3. The van der Waals surface area contributed by atoms with E-state index in [1.807, 2.05) is 0 Å². The van der Waals surface area contributed by atoms with Gasteiger partial charge in [-0.1, -0.05) is 6.07 Å². The van der Waals surface area contributed by atoms with E-state index >= 15 is 0 Å². The third kappa shape index (κ3) is 5.96. The fraction of sp³-hybridized carbons (Fsp3) is 0.350. The highest BCUT2D eigenvalue weighted by molar-refractivity contribution is 7.92. The van der Waals surface area contributed by atoms with E-state index in [0.717, 1.165) is 18.5 Å². The molecule has 2 amide bonds. The first-order chi connectivity index (χ1) is 14.9. The number of anilines is 1. The van der Waals surface area contributed by atoms with Crippen LogP contribution >= 0.6 is 0 Å². The molecule has 1 aliphatic rings. The first-order valence-corrected chi connectivity index (χ1v) is 11.5. The van der Waals surface area contributed by atoms with E-state index in [2.05, 4.69) is 15.6 Å². The number of halogens is 3. The number of amides is 2. The molecule has 1 aromatic carbocycles. The van der Waals surface area contributed by atoms with Gasteiger partial charge in [0.25, 0.3) is 5.91 Å². The average Bonchev–Trinajstić information content (AvgIpc) is 3.14. The number of hydrogen-bond donors (Lipinski definition) is 2.